The van der Waals surface area contributed by atoms with Gasteiger partial charge in [-0.25, -0.2) is 0 Å². The summed E-state index contributed by atoms with van der Waals surface area (Å²) >= 11 is 0. The van der Waals surface area contributed by atoms with Crippen LogP contribution >= 0.6 is 0 Å². The van der Waals surface area contributed by atoms with E-state index in [-0.39, 0.29) is 11.9 Å². The molecule has 0 spiro atoms. The van der Waals surface area contributed by atoms with E-state index < -0.39 is 0 Å². The fourth-order valence-electron chi connectivity index (χ4n) is 2.56. The summed E-state index contributed by atoms with van der Waals surface area (Å²) in [4.78, 5) is 14.0. The number of nitrogens with zero attached hydrogens (tertiary/aromatic N) is 1. The van der Waals surface area contributed by atoms with Gasteiger partial charge >= 0.3 is 0 Å². The summed E-state index contributed by atoms with van der Waals surface area (Å²) in [6, 6.07) is 0.130. The molecule has 0 bridgehead atoms. The molecule has 1 atom stereocenters. The van der Waals surface area contributed by atoms with Gasteiger partial charge in [-0.1, -0.05) is 45.3 Å². The van der Waals surface area contributed by atoms with Crippen molar-refractivity contribution in [3.05, 3.63) is 12.2 Å². The number of carbonyl (C=O) groups excluding carboxylic acids is 1. The molecular formula is C14H26N2O. The third kappa shape index (κ3) is 3.84. The number of hydrogen-bond acceptors (Lipinski definition) is 2. The minimum absolute atomic E-state index is 0.145. The van der Waals surface area contributed by atoms with Crippen molar-refractivity contribution in [2.45, 2.75) is 64.5 Å². The van der Waals surface area contributed by atoms with Crippen LogP contribution in [0, 0.1) is 0 Å². The number of nitrogens with two attached hydrogens (primary N) is 1. The normalized spacial score (nSPS) is 26.2. The average molecular weight is 238 g/mol. The van der Waals surface area contributed by atoms with Crippen molar-refractivity contribution in [1.82, 2.24) is 4.90 Å². The lowest BCUT2D eigenvalue weighted by Crippen LogP contribution is -2.48. The van der Waals surface area contributed by atoms with Gasteiger partial charge in [0.25, 0.3) is 0 Å². The highest BCUT2D eigenvalue weighted by molar-refractivity contribution is 5.82. The highest BCUT2D eigenvalue weighted by Gasteiger charge is 2.28. The lowest BCUT2D eigenvalue weighted by molar-refractivity contribution is -0.134. The molecule has 0 aromatic rings. The highest BCUT2D eigenvalue weighted by atomic mass is 16.2. The van der Waals surface area contributed by atoms with Crippen molar-refractivity contribution in [2.24, 2.45) is 5.73 Å². The Balaban J connectivity index is 0.000000686. The number of carbonyl (C=O) groups is 1. The molecule has 0 saturated heterocycles. The van der Waals surface area contributed by atoms with E-state index in [0.717, 1.165) is 19.4 Å². The van der Waals surface area contributed by atoms with E-state index in [1.165, 1.54) is 19.3 Å². The van der Waals surface area contributed by atoms with Gasteiger partial charge in [0.15, 0.2) is 0 Å². The van der Waals surface area contributed by atoms with Gasteiger partial charge < -0.3 is 10.6 Å². The van der Waals surface area contributed by atoms with E-state index in [1.54, 1.807) is 0 Å². The number of hydrogen-bond donors (Lipinski definition) is 1. The minimum Gasteiger partial charge on any atom is -0.335 e. The van der Waals surface area contributed by atoms with Crippen molar-refractivity contribution < 1.29 is 4.79 Å². The quantitative estimate of drug-likeness (QED) is 0.713. The first-order chi connectivity index (χ1) is 8.29. The first kappa shape index (κ1) is 14.2. The highest BCUT2D eigenvalue weighted by Crippen LogP contribution is 2.24. The summed E-state index contributed by atoms with van der Waals surface area (Å²) < 4.78 is 0. The van der Waals surface area contributed by atoms with Crippen LogP contribution in [0.2, 0.25) is 0 Å². The van der Waals surface area contributed by atoms with Crippen LogP contribution in [0.5, 0.6) is 0 Å². The molecule has 1 aliphatic heterocycles. The van der Waals surface area contributed by atoms with Crippen LogP contribution in [0.4, 0.5) is 0 Å². The second kappa shape index (κ2) is 7.49. The number of amides is 1. The lowest BCUT2D eigenvalue weighted by atomic mass is 9.94. The van der Waals surface area contributed by atoms with Crippen molar-refractivity contribution in [2.75, 3.05) is 6.54 Å². The van der Waals surface area contributed by atoms with E-state index in [4.69, 9.17) is 5.73 Å². The second-order valence-corrected chi connectivity index (χ2v) is 4.60. The van der Waals surface area contributed by atoms with E-state index in [1.807, 2.05) is 24.8 Å². The topological polar surface area (TPSA) is 46.3 Å². The van der Waals surface area contributed by atoms with Gasteiger partial charge in [0.2, 0.25) is 5.91 Å². The Bertz CT molecular complexity index is 257. The van der Waals surface area contributed by atoms with Crippen LogP contribution < -0.4 is 5.73 Å². The molecule has 1 aliphatic carbocycles. The molecule has 3 heteroatoms. The Morgan fingerprint density at radius 2 is 1.82 bits per heavy atom. The molecule has 98 valence electrons. The standard InChI is InChI=1S/C12H20N2O.C2H6/c13-11-8-4-5-9-14(12(11)15)10-6-2-1-3-7-10;1-2/h4-5,10-11H,1-3,6-9,13H2;1-2H3/t11-;/m0./s1. The third-order valence-electron chi connectivity index (χ3n) is 3.47. The molecule has 17 heavy (non-hydrogen) atoms. The SMILES string of the molecule is CC.N[C@H]1CC=CCN(C2CCCCC2)C1=O. The third-order valence-corrected chi connectivity index (χ3v) is 3.47. The Morgan fingerprint density at radius 1 is 1.18 bits per heavy atom. The van der Waals surface area contributed by atoms with Crippen LogP contribution in [0.15, 0.2) is 12.2 Å². The molecule has 2 N–H and O–H groups in total. The van der Waals surface area contributed by atoms with Gasteiger partial charge in [-0.15, -0.1) is 0 Å². The van der Waals surface area contributed by atoms with Crippen LogP contribution in [-0.2, 0) is 4.79 Å². The molecule has 0 unspecified atom stereocenters. The Hall–Kier alpha value is -0.830. The fraction of sp³-hybridized carbons (Fsp3) is 0.786. The van der Waals surface area contributed by atoms with Gasteiger partial charge in [-0.05, 0) is 19.3 Å². The molecule has 2 rings (SSSR count). The Kier molecular flexibility index (Phi) is 6.27. The summed E-state index contributed by atoms with van der Waals surface area (Å²) in [6.07, 6.45) is 11.0. The zero-order valence-corrected chi connectivity index (χ0v) is 11.2. The van der Waals surface area contributed by atoms with Gasteiger partial charge in [0.1, 0.15) is 0 Å². The van der Waals surface area contributed by atoms with E-state index in [2.05, 4.69) is 6.08 Å². The van der Waals surface area contributed by atoms with Gasteiger partial charge in [-0.3, -0.25) is 4.79 Å². The summed E-state index contributed by atoms with van der Waals surface area (Å²) in [5.74, 6) is 0.145. The van der Waals surface area contributed by atoms with Crippen molar-refractivity contribution in [3.8, 4) is 0 Å². The van der Waals surface area contributed by atoms with Crippen LogP contribution in [0.3, 0.4) is 0 Å². The lowest BCUT2D eigenvalue weighted by Gasteiger charge is -2.34. The monoisotopic (exact) mass is 238 g/mol. The largest absolute Gasteiger partial charge is 0.335 e. The van der Waals surface area contributed by atoms with Crippen molar-refractivity contribution >= 4 is 5.91 Å². The molecule has 3 nitrogen and oxygen atoms in total. The van der Waals surface area contributed by atoms with Crippen molar-refractivity contribution in [3.63, 3.8) is 0 Å². The maximum atomic E-state index is 12.0. The maximum absolute atomic E-state index is 12.0. The number of rotatable bonds is 1. The molecule has 0 aromatic heterocycles. The zero-order chi connectivity index (χ0) is 12.7. The Morgan fingerprint density at radius 3 is 2.47 bits per heavy atom. The van der Waals surface area contributed by atoms with E-state index in [0.29, 0.717) is 12.5 Å². The molecular weight excluding hydrogens is 212 g/mol. The molecule has 0 radical (unpaired) electrons. The van der Waals surface area contributed by atoms with Crippen LogP contribution in [0.25, 0.3) is 0 Å². The van der Waals surface area contributed by atoms with Crippen molar-refractivity contribution in [1.29, 1.82) is 0 Å². The second-order valence-electron chi connectivity index (χ2n) is 4.60. The predicted molar refractivity (Wildman–Crippen MR) is 71.7 cm³/mol. The summed E-state index contributed by atoms with van der Waals surface area (Å²) in [5.41, 5.74) is 5.83. The van der Waals surface area contributed by atoms with Gasteiger partial charge in [0, 0.05) is 12.6 Å². The van der Waals surface area contributed by atoms with Crippen LogP contribution in [0.1, 0.15) is 52.4 Å². The maximum Gasteiger partial charge on any atom is 0.240 e. The van der Waals surface area contributed by atoms with E-state index in [9.17, 15) is 4.79 Å². The fourth-order valence-corrected chi connectivity index (χ4v) is 2.56. The van der Waals surface area contributed by atoms with Gasteiger partial charge in [0.05, 0.1) is 6.04 Å². The predicted octanol–water partition coefficient (Wildman–Crippen LogP) is 2.46. The Labute approximate surface area is 105 Å². The van der Waals surface area contributed by atoms with E-state index >= 15 is 0 Å². The first-order valence-corrected chi connectivity index (χ1v) is 7.00. The van der Waals surface area contributed by atoms with Crippen LogP contribution in [-0.4, -0.2) is 29.4 Å². The molecule has 1 saturated carbocycles. The average Bonchev–Trinajstić information content (AvgIpc) is 2.56. The smallest absolute Gasteiger partial charge is 0.240 e. The summed E-state index contributed by atoms with van der Waals surface area (Å²) in [7, 11) is 0. The molecule has 2 aliphatic rings. The van der Waals surface area contributed by atoms with Gasteiger partial charge in [-0.2, -0.15) is 0 Å². The zero-order valence-electron chi connectivity index (χ0n) is 11.2. The molecule has 0 aromatic carbocycles. The summed E-state index contributed by atoms with van der Waals surface area (Å²) in [6.45, 7) is 4.76. The first-order valence-electron chi connectivity index (χ1n) is 7.00. The molecule has 1 amide bonds. The molecule has 1 heterocycles. The summed E-state index contributed by atoms with van der Waals surface area (Å²) in [5, 5.41) is 0. The molecule has 1 fully saturated rings. The minimum atomic E-state index is -0.314.